The number of anilines is 1. The summed E-state index contributed by atoms with van der Waals surface area (Å²) in [6, 6.07) is 6.93. The van der Waals surface area contributed by atoms with Gasteiger partial charge < -0.3 is 9.80 Å². The number of hydrogen-bond acceptors (Lipinski definition) is 2. The molecule has 0 bridgehead atoms. The van der Waals surface area contributed by atoms with E-state index in [4.69, 9.17) is 11.6 Å². The zero-order valence-electron chi connectivity index (χ0n) is 12.8. The van der Waals surface area contributed by atoms with Gasteiger partial charge in [0.15, 0.2) is 11.6 Å². The van der Waals surface area contributed by atoms with Crippen LogP contribution in [0.2, 0.25) is 5.02 Å². The van der Waals surface area contributed by atoms with Crippen molar-refractivity contribution in [2.24, 2.45) is 0 Å². The van der Waals surface area contributed by atoms with E-state index in [1.54, 1.807) is 0 Å². The molecule has 0 aromatic heterocycles. The normalized spacial score (nSPS) is 14.8. The zero-order valence-corrected chi connectivity index (χ0v) is 13.6. The molecule has 2 aromatic carbocycles. The van der Waals surface area contributed by atoms with E-state index in [9.17, 15) is 22.8 Å². The molecule has 4 nitrogen and oxygen atoms in total. The van der Waals surface area contributed by atoms with Gasteiger partial charge >= 0.3 is 0 Å². The predicted octanol–water partition coefficient (Wildman–Crippen LogP) is 3.25. The van der Waals surface area contributed by atoms with Gasteiger partial charge in [-0.1, -0.05) is 17.7 Å². The minimum absolute atomic E-state index is 0.0734. The molecule has 0 unspecified atom stereocenters. The van der Waals surface area contributed by atoms with Crippen LogP contribution in [0.4, 0.5) is 18.9 Å². The van der Waals surface area contributed by atoms with Gasteiger partial charge in [0.05, 0.1) is 16.3 Å². The Morgan fingerprint density at radius 1 is 1.08 bits per heavy atom. The second-order valence-electron chi connectivity index (χ2n) is 5.47. The first-order valence-corrected chi connectivity index (χ1v) is 7.75. The van der Waals surface area contributed by atoms with E-state index < -0.39 is 34.8 Å². The quantitative estimate of drug-likeness (QED) is 0.816. The standard InChI is InChI=1S/C17H12ClF3N2O2/c18-12-8-10(19)4-5-14(12)23-7-6-22(9-15(23)24)17(25)11-2-1-3-13(20)16(11)21/h1-5,8H,6-7,9H2. The molecule has 8 heteroatoms. The van der Waals surface area contributed by atoms with Crippen molar-refractivity contribution < 1.29 is 22.8 Å². The molecule has 0 aliphatic carbocycles. The maximum absolute atomic E-state index is 13.8. The third-order valence-corrected chi connectivity index (χ3v) is 4.19. The summed E-state index contributed by atoms with van der Waals surface area (Å²) in [5.41, 5.74) is -0.0989. The van der Waals surface area contributed by atoms with E-state index in [1.807, 2.05) is 0 Å². The van der Waals surface area contributed by atoms with Crippen LogP contribution in [-0.2, 0) is 4.79 Å². The topological polar surface area (TPSA) is 40.6 Å². The summed E-state index contributed by atoms with van der Waals surface area (Å²) in [5, 5.41) is 0.0734. The van der Waals surface area contributed by atoms with E-state index in [2.05, 4.69) is 0 Å². The molecule has 2 amide bonds. The highest BCUT2D eigenvalue weighted by Crippen LogP contribution is 2.28. The summed E-state index contributed by atoms with van der Waals surface area (Å²) < 4.78 is 40.2. The van der Waals surface area contributed by atoms with Crippen LogP contribution in [-0.4, -0.2) is 36.3 Å². The molecule has 1 aliphatic heterocycles. The number of carbonyl (C=O) groups is 2. The number of rotatable bonds is 2. The molecular weight excluding hydrogens is 357 g/mol. The van der Waals surface area contributed by atoms with Gasteiger partial charge in [0.1, 0.15) is 12.4 Å². The number of piperazine rings is 1. The molecule has 2 aromatic rings. The maximum atomic E-state index is 13.8. The molecule has 1 aliphatic rings. The van der Waals surface area contributed by atoms with Crippen LogP contribution in [0.15, 0.2) is 36.4 Å². The van der Waals surface area contributed by atoms with Crippen molar-refractivity contribution in [3.8, 4) is 0 Å². The highest BCUT2D eigenvalue weighted by Gasteiger charge is 2.31. The highest BCUT2D eigenvalue weighted by atomic mass is 35.5. The van der Waals surface area contributed by atoms with E-state index in [1.165, 1.54) is 23.1 Å². The van der Waals surface area contributed by atoms with E-state index in [-0.39, 0.29) is 24.7 Å². The lowest BCUT2D eigenvalue weighted by Crippen LogP contribution is -2.52. The van der Waals surface area contributed by atoms with Gasteiger partial charge in [0, 0.05) is 13.1 Å². The summed E-state index contributed by atoms with van der Waals surface area (Å²) in [7, 11) is 0. The Morgan fingerprint density at radius 3 is 2.52 bits per heavy atom. The molecule has 1 saturated heterocycles. The number of benzene rings is 2. The summed E-state index contributed by atoms with van der Waals surface area (Å²) in [5.74, 6) is -4.13. The van der Waals surface area contributed by atoms with Crippen molar-refractivity contribution in [1.29, 1.82) is 0 Å². The molecule has 3 rings (SSSR count). The molecule has 0 saturated carbocycles. The fourth-order valence-electron chi connectivity index (χ4n) is 2.64. The van der Waals surface area contributed by atoms with Crippen molar-refractivity contribution in [2.45, 2.75) is 0 Å². The van der Waals surface area contributed by atoms with Gasteiger partial charge in [-0.25, -0.2) is 13.2 Å². The third kappa shape index (κ3) is 3.32. The fourth-order valence-corrected chi connectivity index (χ4v) is 2.91. The first kappa shape index (κ1) is 17.3. The lowest BCUT2D eigenvalue weighted by atomic mass is 10.1. The van der Waals surface area contributed by atoms with Gasteiger partial charge in [-0.3, -0.25) is 9.59 Å². The van der Waals surface area contributed by atoms with Crippen LogP contribution >= 0.6 is 11.6 Å². The summed E-state index contributed by atoms with van der Waals surface area (Å²) >= 11 is 5.96. The molecule has 0 atom stereocenters. The Hall–Kier alpha value is -2.54. The Bertz CT molecular complexity index is 860. The largest absolute Gasteiger partial charge is 0.327 e. The van der Waals surface area contributed by atoms with E-state index in [0.717, 1.165) is 23.1 Å². The van der Waals surface area contributed by atoms with Crippen LogP contribution in [0.1, 0.15) is 10.4 Å². The molecular formula is C17H12ClF3N2O2. The maximum Gasteiger partial charge on any atom is 0.257 e. The van der Waals surface area contributed by atoms with Crippen molar-refractivity contribution in [3.05, 3.63) is 64.4 Å². The summed E-state index contributed by atoms with van der Waals surface area (Å²) in [6.45, 7) is -0.108. The summed E-state index contributed by atoms with van der Waals surface area (Å²) in [4.78, 5) is 27.1. The van der Waals surface area contributed by atoms with Crippen molar-refractivity contribution in [2.75, 3.05) is 24.5 Å². The smallest absolute Gasteiger partial charge is 0.257 e. The predicted molar refractivity (Wildman–Crippen MR) is 86.0 cm³/mol. The van der Waals surface area contributed by atoms with Crippen LogP contribution in [0.25, 0.3) is 0 Å². The SMILES string of the molecule is O=C(c1cccc(F)c1F)N1CCN(c2ccc(F)cc2Cl)C(=O)C1. The van der Waals surface area contributed by atoms with Crippen LogP contribution in [0.3, 0.4) is 0 Å². The molecule has 1 heterocycles. The average Bonchev–Trinajstić information content (AvgIpc) is 2.57. The van der Waals surface area contributed by atoms with Gasteiger partial charge in [0.25, 0.3) is 5.91 Å². The van der Waals surface area contributed by atoms with Crippen molar-refractivity contribution in [3.63, 3.8) is 0 Å². The second kappa shape index (κ2) is 6.76. The van der Waals surface area contributed by atoms with Gasteiger partial charge in [-0.15, -0.1) is 0 Å². The number of carbonyl (C=O) groups excluding carboxylic acids is 2. The van der Waals surface area contributed by atoms with Crippen molar-refractivity contribution in [1.82, 2.24) is 4.90 Å². The van der Waals surface area contributed by atoms with Crippen LogP contribution < -0.4 is 4.90 Å². The van der Waals surface area contributed by atoms with E-state index in [0.29, 0.717) is 5.69 Å². The number of nitrogens with zero attached hydrogens (tertiary/aromatic N) is 2. The first-order chi connectivity index (χ1) is 11.9. The van der Waals surface area contributed by atoms with Gasteiger partial charge in [-0.2, -0.15) is 0 Å². The highest BCUT2D eigenvalue weighted by molar-refractivity contribution is 6.33. The number of hydrogen-bond donors (Lipinski definition) is 0. The molecule has 1 fully saturated rings. The number of halogens is 4. The molecule has 25 heavy (non-hydrogen) atoms. The Labute approximate surface area is 146 Å². The molecule has 0 N–H and O–H groups in total. The first-order valence-electron chi connectivity index (χ1n) is 7.37. The molecule has 0 spiro atoms. The summed E-state index contributed by atoms with van der Waals surface area (Å²) in [6.07, 6.45) is 0. The molecule has 0 radical (unpaired) electrons. The Balaban J connectivity index is 1.78. The van der Waals surface area contributed by atoms with Crippen molar-refractivity contribution >= 4 is 29.1 Å². The Morgan fingerprint density at radius 2 is 1.84 bits per heavy atom. The minimum Gasteiger partial charge on any atom is -0.327 e. The third-order valence-electron chi connectivity index (χ3n) is 3.89. The van der Waals surface area contributed by atoms with E-state index >= 15 is 0 Å². The Kier molecular flexibility index (Phi) is 4.67. The van der Waals surface area contributed by atoms with Gasteiger partial charge in [-0.05, 0) is 30.3 Å². The monoisotopic (exact) mass is 368 g/mol. The lowest BCUT2D eigenvalue weighted by molar-refractivity contribution is -0.120. The fraction of sp³-hybridized carbons (Fsp3) is 0.176. The molecule has 130 valence electrons. The minimum atomic E-state index is -1.25. The zero-order chi connectivity index (χ0) is 18.1. The second-order valence-corrected chi connectivity index (χ2v) is 5.88. The lowest BCUT2D eigenvalue weighted by Gasteiger charge is -2.34. The average molecular weight is 369 g/mol. The van der Waals surface area contributed by atoms with Crippen LogP contribution in [0.5, 0.6) is 0 Å². The number of amides is 2. The van der Waals surface area contributed by atoms with Crippen LogP contribution in [0, 0.1) is 17.5 Å². The van der Waals surface area contributed by atoms with Gasteiger partial charge in [0.2, 0.25) is 5.91 Å².